The third-order valence-electron chi connectivity index (χ3n) is 9.02. The summed E-state index contributed by atoms with van der Waals surface area (Å²) < 4.78 is 21.1. The van der Waals surface area contributed by atoms with Crippen LogP contribution in [0, 0.1) is 17.7 Å². The summed E-state index contributed by atoms with van der Waals surface area (Å²) >= 11 is 0. The zero-order valence-electron chi connectivity index (χ0n) is 22.9. The lowest BCUT2D eigenvalue weighted by molar-refractivity contribution is -0.142. The van der Waals surface area contributed by atoms with Gasteiger partial charge in [0.15, 0.2) is 0 Å². The van der Waals surface area contributed by atoms with Gasteiger partial charge in [-0.05, 0) is 42.5 Å². The lowest BCUT2D eigenvalue weighted by atomic mass is 9.74. The van der Waals surface area contributed by atoms with Crippen molar-refractivity contribution in [3.63, 3.8) is 0 Å². The van der Waals surface area contributed by atoms with Crippen LogP contribution < -0.4 is 10.6 Å². The predicted molar refractivity (Wildman–Crippen MR) is 149 cm³/mol. The number of carbonyl (C=O) groups excluding carboxylic acids is 3. The maximum absolute atomic E-state index is 14.7. The summed E-state index contributed by atoms with van der Waals surface area (Å²) in [5, 5.41) is 6.12. The number of halogens is 1. The fourth-order valence-electron chi connectivity index (χ4n) is 6.95. The second-order valence-electron chi connectivity index (χ2n) is 11.9. The van der Waals surface area contributed by atoms with Crippen LogP contribution in [0.3, 0.4) is 0 Å². The van der Waals surface area contributed by atoms with E-state index in [0.29, 0.717) is 17.2 Å². The van der Waals surface area contributed by atoms with E-state index in [1.54, 1.807) is 30.4 Å². The highest BCUT2D eigenvalue weighted by Gasteiger charge is 2.72. The van der Waals surface area contributed by atoms with Crippen molar-refractivity contribution in [1.82, 2.24) is 10.2 Å². The molecule has 210 valence electrons. The minimum Gasteiger partial charge on any atom is -0.359 e. The quantitative estimate of drug-likeness (QED) is 0.495. The molecule has 1 aliphatic carbocycles. The summed E-state index contributed by atoms with van der Waals surface area (Å²) in [5.41, 5.74) is 0.822. The van der Waals surface area contributed by atoms with Gasteiger partial charge < -0.3 is 20.3 Å². The number of amides is 3. The van der Waals surface area contributed by atoms with Crippen molar-refractivity contribution < 1.29 is 23.5 Å². The standard InChI is InChI=1S/C32H36FN3O4/c1-19(2)20-12-14-23(15-13-20)34-29(37)26-25-16-17-32(40-25)27(26)31(39)36(18-21-8-6-7-11-24(21)33)28(32)30(38)35-22-9-4-3-5-10-22/h6-8,11-17,19,22,25-28H,3-5,9-10,18H2,1-2H3,(H,34,37)(H,35,38)/t25-,26-,27-,28+,32-/m1/s1. The molecule has 2 saturated heterocycles. The number of benzene rings is 2. The Bertz CT molecular complexity index is 1340. The van der Waals surface area contributed by atoms with Crippen LogP contribution in [-0.4, -0.2) is 46.4 Å². The van der Waals surface area contributed by atoms with Crippen LogP contribution in [0.25, 0.3) is 0 Å². The minimum atomic E-state index is -1.28. The number of carbonyl (C=O) groups is 3. The molecule has 5 atom stereocenters. The van der Waals surface area contributed by atoms with Crippen molar-refractivity contribution in [2.75, 3.05) is 5.32 Å². The molecule has 2 aromatic rings. The van der Waals surface area contributed by atoms with Gasteiger partial charge in [0, 0.05) is 23.8 Å². The number of nitrogens with zero attached hydrogens (tertiary/aromatic N) is 1. The Labute approximate surface area is 234 Å². The number of likely N-dealkylation sites (tertiary alicyclic amines) is 1. The van der Waals surface area contributed by atoms with Gasteiger partial charge in [0.2, 0.25) is 17.7 Å². The first-order valence-electron chi connectivity index (χ1n) is 14.4. The lowest BCUT2D eigenvalue weighted by Gasteiger charge is -2.34. The summed E-state index contributed by atoms with van der Waals surface area (Å²) in [6, 6.07) is 12.9. The second-order valence-corrected chi connectivity index (χ2v) is 11.9. The first kappa shape index (κ1) is 26.7. The highest BCUT2D eigenvalue weighted by atomic mass is 19.1. The topological polar surface area (TPSA) is 87.7 Å². The predicted octanol–water partition coefficient (Wildman–Crippen LogP) is 4.69. The molecule has 0 unspecified atom stereocenters. The number of rotatable bonds is 7. The molecule has 8 heteroatoms. The average Bonchev–Trinajstić information content (AvgIpc) is 3.58. The second kappa shape index (κ2) is 10.5. The monoisotopic (exact) mass is 545 g/mol. The molecule has 3 fully saturated rings. The van der Waals surface area contributed by atoms with Crippen LogP contribution in [0.4, 0.5) is 10.1 Å². The molecule has 3 aliphatic heterocycles. The molecule has 6 rings (SSSR count). The first-order valence-corrected chi connectivity index (χ1v) is 14.4. The number of nitrogens with one attached hydrogen (secondary N) is 2. The number of hydrogen-bond donors (Lipinski definition) is 2. The molecule has 1 spiro atoms. The summed E-state index contributed by atoms with van der Waals surface area (Å²) in [7, 11) is 0. The number of anilines is 1. The normalized spacial score (nSPS) is 29.2. The van der Waals surface area contributed by atoms with E-state index in [0.717, 1.165) is 37.7 Å². The van der Waals surface area contributed by atoms with Gasteiger partial charge >= 0.3 is 0 Å². The molecule has 2 N–H and O–H groups in total. The van der Waals surface area contributed by atoms with E-state index < -0.39 is 35.4 Å². The van der Waals surface area contributed by atoms with Crippen molar-refractivity contribution in [3.8, 4) is 0 Å². The van der Waals surface area contributed by atoms with E-state index in [1.165, 1.54) is 11.0 Å². The van der Waals surface area contributed by atoms with Crippen LogP contribution in [0.2, 0.25) is 0 Å². The largest absolute Gasteiger partial charge is 0.359 e. The molecule has 1 saturated carbocycles. The van der Waals surface area contributed by atoms with Crippen molar-refractivity contribution in [2.24, 2.45) is 11.8 Å². The summed E-state index contributed by atoms with van der Waals surface area (Å²) in [5.74, 6) is -2.78. The van der Waals surface area contributed by atoms with Gasteiger partial charge in [-0.3, -0.25) is 14.4 Å². The van der Waals surface area contributed by atoms with Gasteiger partial charge in [0.25, 0.3) is 0 Å². The Balaban J connectivity index is 1.31. The zero-order valence-corrected chi connectivity index (χ0v) is 22.9. The highest BCUT2D eigenvalue weighted by Crippen LogP contribution is 2.55. The molecule has 3 amide bonds. The summed E-state index contributed by atoms with van der Waals surface area (Å²) in [6.07, 6.45) is 7.96. The molecule has 2 bridgehead atoms. The Kier molecular flexibility index (Phi) is 6.98. The molecule has 7 nitrogen and oxygen atoms in total. The third-order valence-corrected chi connectivity index (χ3v) is 9.02. The highest BCUT2D eigenvalue weighted by molar-refractivity contribution is 6.02. The van der Waals surface area contributed by atoms with Gasteiger partial charge in [-0.1, -0.05) is 75.6 Å². The molecular weight excluding hydrogens is 509 g/mol. The Morgan fingerprint density at radius 1 is 1.05 bits per heavy atom. The van der Waals surface area contributed by atoms with Crippen molar-refractivity contribution in [2.45, 2.75) is 82.2 Å². The fourth-order valence-corrected chi connectivity index (χ4v) is 6.95. The van der Waals surface area contributed by atoms with Crippen molar-refractivity contribution in [3.05, 3.63) is 77.6 Å². The van der Waals surface area contributed by atoms with E-state index in [-0.39, 0.29) is 30.3 Å². The third kappa shape index (κ3) is 4.52. The SMILES string of the molecule is CC(C)c1ccc(NC(=O)[C@@H]2[C@H]3C=C[C@]4(O3)[C@H](C(=O)NC3CCCCC3)N(Cc3ccccc3F)C(=O)[C@@H]24)cc1. The Morgan fingerprint density at radius 2 is 1.77 bits per heavy atom. The summed E-state index contributed by atoms with van der Waals surface area (Å²) in [4.78, 5) is 43.1. The van der Waals surface area contributed by atoms with Crippen LogP contribution in [-0.2, 0) is 25.7 Å². The molecule has 0 radical (unpaired) electrons. The van der Waals surface area contributed by atoms with E-state index in [2.05, 4.69) is 24.5 Å². The zero-order chi connectivity index (χ0) is 28.0. The minimum absolute atomic E-state index is 0.0256. The number of hydrogen-bond acceptors (Lipinski definition) is 4. The molecular formula is C32H36FN3O4. The number of ether oxygens (including phenoxy) is 1. The van der Waals surface area contributed by atoms with Gasteiger partial charge in [-0.15, -0.1) is 0 Å². The van der Waals surface area contributed by atoms with Gasteiger partial charge in [0.05, 0.1) is 17.9 Å². The van der Waals surface area contributed by atoms with E-state index in [1.807, 2.05) is 24.3 Å². The van der Waals surface area contributed by atoms with E-state index in [9.17, 15) is 18.8 Å². The first-order chi connectivity index (χ1) is 19.3. The Hall–Kier alpha value is -3.52. The van der Waals surface area contributed by atoms with Crippen LogP contribution >= 0.6 is 0 Å². The van der Waals surface area contributed by atoms with Gasteiger partial charge in [-0.25, -0.2) is 4.39 Å². The molecule has 3 heterocycles. The van der Waals surface area contributed by atoms with Crippen molar-refractivity contribution >= 4 is 23.4 Å². The maximum atomic E-state index is 14.7. The maximum Gasteiger partial charge on any atom is 0.246 e. The van der Waals surface area contributed by atoms with Gasteiger partial charge in [0.1, 0.15) is 17.5 Å². The van der Waals surface area contributed by atoms with Crippen LogP contribution in [0.1, 0.15) is 63.0 Å². The lowest BCUT2D eigenvalue weighted by Crippen LogP contribution is -2.56. The molecule has 4 aliphatic rings. The van der Waals surface area contributed by atoms with Gasteiger partial charge in [-0.2, -0.15) is 0 Å². The van der Waals surface area contributed by atoms with Crippen LogP contribution in [0.5, 0.6) is 0 Å². The fraction of sp³-hybridized carbons (Fsp3) is 0.469. The van der Waals surface area contributed by atoms with Crippen LogP contribution in [0.15, 0.2) is 60.7 Å². The molecule has 40 heavy (non-hydrogen) atoms. The molecule has 2 aromatic carbocycles. The Morgan fingerprint density at radius 3 is 2.48 bits per heavy atom. The summed E-state index contributed by atoms with van der Waals surface area (Å²) in [6.45, 7) is 4.12. The van der Waals surface area contributed by atoms with E-state index in [4.69, 9.17) is 4.74 Å². The smallest absolute Gasteiger partial charge is 0.246 e. The van der Waals surface area contributed by atoms with E-state index >= 15 is 0 Å². The molecule has 0 aromatic heterocycles. The van der Waals surface area contributed by atoms with Crippen molar-refractivity contribution in [1.29, 1.82) is 0 Å². The average molecular weight is 546 g/mol. The number of fused-ring (bicyclic) bond motifs is 1.